The van der Waals surface area contributed by atoms with E-state index in [2.05, 4.69) is 0 Å². The van der Waals surface area contributed by atoms with Crippen molar-refractivity contribution in [2.24, 2.45) is 0 Å². The van der Waals surface area contributed by atoms with Crippen LogP contribution >= 0.6 is 0 Å². The molecule has 1 heterocycles. The summed E-state index contributed by atoms with van der Waals surface area (Å²) < 4.78 is 5.25. The van der Waals surface area contributed by atoms with Crippen LogP contribution in [0.25, 0.3) is 0 Å². The first-order chi connectivity index (χ1) is 10.2. The quantitative estimate of drug-likeness (QED) is 0.850. The van der Waals surface area contributed by atoms with Gasteiger partial charge in [0.25, 0.3) is 0 Å². The van der Waals surface area contributed by atoms with E-state index in [-0.39, 0.29) is 12.5 Å². The van der Waals surface area contributed by atoms with Crippen LogP contribution in [0, 0.1) is 0 Å². The van der Waals surface area contributed by atoms with E-state index in [4.69, 9.17) is 4.74 Å². The number of imide groups is 1. The van der Waals surface area contributed by atoms with Gasteiger partial charge in [0.05, 0.1) is 0 Å². The van der Waals surface area contributed by atoms with Gasteiger partial charge in [-0.2, -0.15) is 0 Å². The third-order valence-corrected chi connectivity index (χ3v) is 3.89. The number of rotatable bonds is 2. The minimum atomic E-state index is -0.981. The molecule has 0 aromatic heterocycles. The van der Waals surface area contributed by atoms with Crippen LogP contribution in [-0.4, -0.2) is 30.6 Å². The molecular weight excluding hydrogens is 266 g/mol. The first-order valence-corrected chi connectivity index (χ1v) is 6.72. The number of nitrogens with zero attached hydrogens (tertiary/aromatic N) is 1. The van der Waals surface area contributed by atoms with Gasteiger partial charge in [-0.05, 0) is 11.1 Å². The van der Waals surface area contributed by atoms with Crippen molar-refractivity contribution in [3.05, 3.63) is 71.8 Å². The monoisotopic (exact) mass is 281 g/mol. The second-order valence-corrected chi connectivity index (χ2v) is 5.06. The standard InChI is InChI=1S/C17H15NO3/c1-18-15(19)17(12-21-16(18)20,13-8-4-2-5-9-13)14-10-6-3-7-11-14/h2-11H,12H2,1H3. The zero-order valence-electron chi connectivity index (χ0n) is 11.7. The highest BCUT2D eigenvalue weighted by atomic mass is 16.6. The zero-order chi connectivity index (χ0) is 14.9. The summed E-state index contributed by atoms with van der Waals surface area (Å²) in [6.07, 6.45) is -0.609. The number of cyclic esters (lactones) is 1. The smallest absolute Gasteiger partial charge is 0.416 e. The van der Waals surface area contributed by atoms with Crippen LogP contribution in [-0.2, 0) is 14.9 Å². The van der Waals surface area contributed by atoms with Gasteiger partial charge < -0.3 is 4.74 Å². The van der Waals surface area contributed by atoms with Gasteiger partial charge in [-0.3, -0.25) is 4.79 Å². The van der Waals surface area contributed by atoms with E-state index in [1.54, 1.807) is 0 Å². The van der Waals surface area contributed by atoms with Crippen LogP contribution < -0.4 is 0 Å². The fourth-order valence-corrected chi connectivity index (χ4v) is 2.72. The van der Waals surface area contributed by atoms with Crippen LogP contribution in [0.1, 0.15) is 11.1 Å². The van der Waals surface area contributed by atoms with Crippen molar-refractivity contribution in [2.75, 3.05) is 13.7 Å². The number of amides is 2. The number of hydrogen-bond donors (Lipinski definition) is 0. The molecule has 1 saturated heterocycles. The summed E-state index contributed by atoms with van der Waals surface area (Å²) in [6.45, 7) is 0.0169. The van der Waals surface area contributed by atoms with Gasteiger partial charge in [0.1, 0.15) is 12.0 Å². The topological polar surface area (TPSA) is 46.6 Å². The largest absolute Gasteiger partial charge is 0.447 e. The maximum atomic E-state index is 12.9. The molecule has 106 valence electrons. The highest BCUT2D eigenvalue weighted by Crippen LogP contribution is 2.37. The SMILES string of the molecule is CN1C(=O)OCC(c2ccccc2)(c2ccccc2)C1=O. The maximum absolute atomic E-state index is 12.9. The van der Waals surface area contributed by atoms with Gasteiger partial charge >= 0.3 is 6.09 Å². The Balaban J connectivity index is 2.22. The molecule has 0 aliphatic carbocycles. The van der Waals surface area contributed by atoms with Crippen molar-refractivity contribution in [1.29, 1.82) is 0 Å². The van der Waals surface area contributed by atoms with Crippen molar-refractivity contribution in [1.82, 2.24) is 4.90 Å². The molecule has 0 bridgehead atoms. The van der Waals surface area contributed by atoms with Crippen LogP contribution in [0.3, 0.4) is 0 Å². The summed E-state index contributed by atoms with van der Waals surface area (Å²) in [5, 5.41) is 0. The maximum Gasteiger partial charge on any atom is 0.416 e. The molecular formula is C17H15NO3. The van der Waals surface area contributed by atoms with Crippen molar-refractivity contribution >= 4 is 12.0 Å². The first-order valence-electron chi connectivity index (χ1n) is 6.72. The minimum Gasteiger partial charge on any atom is -0.447 e. The molecule has 1 aliphatic rings. The molecule has 0 atom stereocenters. The van der Waals surface area contributed by atoms with Crippen molar-refractivity contribution in [3.63, 3.8) is 0 Å². The van der Waals surface area contributed by atoms with Gasteiger partial charge in [0.2, 0.25) is 5.91 Å². The Hall–Kier alpha value is -2.62. The van der Waals surface area contributed by atoms with E-state index >= 15 is 0 Å². The Morgan fingerprint density at radius 1 is 0.905 bits per heavy atom. The Morgan fingerprint density at radius 3 is 1.86 bits per heavy atom. The Bertz CT molecular complexity index is 627. The van der Waals surface area contributed by atoms with Crippen molar-refractivity contribution < 1.29 is 14.3 Å². The Morgan fingerprint density at radius 2 is 1.38 bits per heavy atom. The molecule has 2 aromatic carbocycles. The number of benzene rings is 2. The fourth-order valence-electron chi connectivity index (χ4n) is 2.72. The molecule has 3 rings (SSSR count). The molecule has 0 saturated carbocycles. The lowest BCUT2D eigenvalue weighted by molar-refractivity contribution is -0.138. The summed E-state index contributed by atoms with van der Waals surface area (Å²) in [5.41, 5.74) is 0.659. The number of ether oxygens (including phenoxy) is 1. The molecule has 2 aromatic rings. The summed E-state index contributed by atoms with van der Waals surface area (Å²) >= 11 is 0. The molecule has 21 heavy (non-hydrogen) atoms. The molecule has 0 unspecified atom stereocenters. The van der Waals surface area contributed by atoms with E-state index in [1.807, 2.05) is 60.7 Å². The molecule has 2 amide bonds. The van der Waals surface area contributed by atoms with Crippen molar-refractivity contribution in [2.45, 2.75) is 5.41 Å². The average Bonchev–Trinajstić information content (AvgIpc) is 2.55. The van der Waals surface area contributed by atoms with Gasteiger partial charge in [0, 0.05) is 7.05 Å². The lowest BCUT2D eigenvalue weighted by Gasteiger charge is -2.39. The molecule has 0 radical (unpaired) electrons. The lowest BCUT2D eigenvalue weighted by Crippen LogP contribution is -2.56. The highest BCUT2D eigenvalue weighted by Gasteiger charge is 2.50. The molecule has 1 aliphatic heterocycles. The Kier molecular flexibility index (Phi) is 3.22. The number of hydrogen-bond acceptors (Lipinski definition) is 3. The number of carbonyl (C=O) groups excluding carboxylic acids is 2. The van der Waals surface area contributed by atoms with E-state index in [1.165, 1.54) is 7.05 Å². The van der Waals surface area contributed by atoms with Gasteiger partial charge in [-0.15, -0.1) is 0 Å². The summed E-state index contributed by atoms with van der Waals surface area (Å²) in [5.74, 6) is -0.267. The van der Waals surface area contributed by atoms with E-state index in [0.717, 1.165) is 16.0 Å². The van der Waals surface area contributed by atoms with Crippen LogP contribution in [0.4, 0.5) is 4.79 Å². The molecule has 0 spiro atoms. The lowest BCUT2D eigenvalue weighted by atomic mass is 9.73. The normalized spacial score (nSPS) is 17.5. The molecule has 4 heteroatoms. The van der Waals surface area contributed by atoms with E-state index in [9.17, 15) is 9.59 Å². The zero-order valence-corrected chi connectivity index (χ0v) is 11.7. The number of carbonyl (C=O) groups is 2. The van der Waals surface area contributed by atoms with Crippen LogP contribution in [0.5, 0.6) is 0 Å². The van der Waals surface area contributed by atoms with Crippen LogP contribution in [0.15, 0.2) is 60.7 Å². The Labute approximate surface area is 123 Å². The molecule has 4 nitrogen and oxygen atoms in total. The molecule has 1 fully saturated rings. The van der Waals surface area contributed by atoms with Gasteiger partial charge in [0.15, 0.2) is 0 Å². The van der Waals surface area contributed by atoms with E-state index in [0.29, 0.717) is 0 Å². The van der Waals surface area contributed by atoms with Gasteiger partial charge in [-0.1, -0.05) is 60.7 Å². The first kappa shape index (κ1) is 13.4. The summed E-state index contributed by atoms with van der Waals surface area (Å²) in [6, 6.07) is 18.9. The minimum absolute atomic E-state index is 0.0169. The van der Waals surface area contributed by atoms with Crippen LogP contribution in [0.2, 0.25) is 0 Å². The van der Waals surface area contributed by atoms with Gasteiger partial charge in [-0.25, -0.2) is 9.69 Å². The summed E-state index contributed by atoms with van der Waals surface area (Å²) in [4.78, 5) is 25.6. The second kappa shape index (κ2) is 5.05. The fraction of sp³-hybridized carbons (Fsp3) is 0.176. The molecule has 0 N–H and O–H groups in total. The predicted octanol–water partition coefficient (Wildman–Crippen LogP) is 2.58. The average molecular weight is 281 g/mol. The predicted molar refractivity (Wildman–Crippen MR) is 77.8 cm³/mol. The third kappa shape index (κ3) is 2.00. The van der Waals surface area contributed by atoms with E-state index < -0.39 is 11.5 Å². The second-order valence-electron chi connectivity index (χ2n) is 5.06. The highest BCUT2D eigenvalue weighted by molar-refractivity contribution is 6.02. The van der Waals surface area contributed by atoms with Crippen molar-refractivity contribution in [3.8, 4) is 0 Å². The summed E-state index contributed by atoms with van der Waals surface area (Å²) in [7, 11) is 1.45. The number of likely N-dealkylation sites (N-methyl/N-ethyl adjacent to an activating group) is 1. The third-order valence-electron chi connectivity index (χ3n) is 3.89.